The Hall–Kier alpha value is -3.81. The number of aryl methyl sites for hydroxylation is 1. The van der Waals surface area contributed by atoms with E-state index in [0.29, 0.717) is 13.2 Å². The number of hydrogen-bond acceptors (Lipinski definition) is 8. The van der Waals surface area contributed by atoms with Crippen LogP contribution < -0.4 is 24.7 Å². The molecule has 0 atom stereocenters. The molecule has 2 aliphatic heterocycles. The topological polar surface area (TPSA) is 75.1 Å². The van der Waals surface area contributed by atoms with E-state index in [9.17, 15) is 0 Å². The summed E-state index contributed by atoms with van der Waals surface area (Å²) in [6.07, 6.45) is 9.16. The minimum atomic E-state index is 0.465. The number of aromatic nitrogens is 2. The van der Waals surface area contributed by atoms with E-state index >= 15 is 0 Å². The van der Waals surface area contributed by atoms with Gasteiger partial charge in [0.05, 0.1) is 6.21 Å². The Morgan fingerprint density at radius 3 is 2.16 bits per heavy atom. The van der Waals surface area contributed by atoms with Crippen molar-refractivity contribution in [1.29, 1.82) is 0 Å². The number of hydrogen-bond donors (Lipinski definition) is 1. The number of benzene rings is 2. The molecule has 0 saturated carbocycles. The molecule has 2 saturated heterocycles. The van der Waals surface area contributed by atoms with Crippen molar-refractivity contribution in [1.82, 2.24) is 9.97 Å². The van der Waals surface area contributed by atoms with Crippen LogP contribution in [0.3, 0.4) is 0 Å². The van der Waals surface area contributed by atoms with Crippen LogP contribution in [0.1, 0.15) is 49.7 Å². The maximum Gasteiger partial charge on any atom is 0.229 e. The normalized spacial score (nSPS) is 16.0. The fourth-order valence-electron chi connectivity index (χ4n) is 4.88. The van der Waals surface area contributed by atoms with Crippen LogP contribution in [-0.2, 0) is 0 Å². The van der Waals surface area contributed by atoms with E-state index in [1.807, 2.05) is 48.5 Å². The number of rotatable bonds is 10. The van der Waals surface area contributed by atoms with Gasteiger partial charge < -0.3 is 19.3 Å². The first-order chi connectivity index (χ1) is 18.7. The molecule has 8 heteroatoms. The van der Waals surface area contributed by atoms with Gasteiger partial charge in [-0.2, -0.15) is 15.1 Å². The van der Waals surface area contributed by atoms with Gasteiger partial charge in [0.25, 0.3) is 0 Å². The second-order valence-electron chi connectivity index (χ2n) is 9.96. The van der Waals surface area contributed by atoms with Gasteiger partial charge in [0.1, 0.15) is 30.5 Å². The minimum Gasteiger partial charge on any atom is -0.490 e. The monoisotopic (exact) mass is 514 g/mol. The molecule has 1 aromatic heterocycles. The van der Waals surface area contributed by atoms with Crippen molar-refractivity contribution in [2.75, 3.05) is 54.6 Å². The van der Waals surface area contributed by atoms with E-state index in [1.54, 1.807) is 6.21 Å². The highest BCUT2D eigenvalue weighted by molar-refractivity contribution is 5.80. The summed E-state index contributed by atoms with van der Waals surface area (Å²) >= 11 is 0. The molecule has 2 aliphatic rings. The molecule has 2 fully saturated rings. The lowest BCUT2D eigenvalue weighted by Gasteiger charge is -2.31. The summed E-state index contributed by atoms with van der Waals surface area (Å²) in [6, 6.07) is 17.9. The number of nitrogens with one attached hydrogen (secondary N) is 1. The Morgan fingerprint density at radius 1 is 0.789 bits per heavy atom. The Kier molecular flexibility index (Phi) is 8.92. The molecule has 1 N–H and O–H groups in total. The van der Waals surface area contributed by atoms with Crippen molar-refractivity contribution in [3.63, 3.8) is 0 Å². The Balaban J connectivity index is 1.20. The molecule has 5 rings (SSSR count). The molecule has 3 heterocycles. The number of piperidine rings is 2. The molecule has 200 valence electrons. The van der Waals surface area contributed by atoms with Crippen molar-refractivity contribution in [2.45, 2.75) is 45.4 Å². The van der Waals surface area contributed by atoms with Crippen LogP contribution >= 0.6 is 0 Å². The average molecular weight is 515 g/mol. The second-order valence-corrected chi connectivity index (χ2v) is 9.96. The number of anilines is 3. The van der Waals surface area contributed by atoms with E-state index in [2.05, 4.69) is 33.3 Å². The van der Waals surface area contributed by atoms with Crippen molar-refractivity contribution < 1.29 is 9.47 Å². The van der Waals surface area contributed by atoms with Crippen LogP contribution in [0.2, 0.25) is 0 Å². The molecular formula is C30H38N6O2. The van der Waals surface area contributed by atoms with Gasteiger partial charge in [0.15, 0.2) is 5.82 Å². The van der Waals surface area contributed by atoms with Crippen molar-refractivity contribution >= 4 is 23.8 Å². The van der Waals surface area contributed by atoms with E-state index in [0.717, 1.165) is 60.8 Å². The summed E-state index contributed by atoms with van der Waals surface area (Å²) in [4.78, 5) is 14.4. The van der Waals surface area contributed by atoms with Crippen LogP contribution in [0.15, 0.2) is 59.7 Å². The fourth-order valence-corrected chi connectivity index (χ4v) is 4.88. The molecule has 0 amide bonds. The first-order valence-corrected chi connectivity index (χ1v) is 13.8. The van der Waals surface area contributed by atoms with Gasteiger partial charge in [0, 0.05) is 32.2 Å². The van der Waals surface area contributed by atoms with Crippen LogP contribution in [0, 0.1) is 6.92 Å². The lowest BCUT2D eigenvalue weighted by atomic mass is 10.1. The second kappa shape index (κ2) is 13.1. The van der Waals surface area contributed by atoms with E-state index in [1.165, 1.54) is 44.1 Å². The Labute approximate surface area is 225 Å². The Morgan fingerprint density at radius 2 is 1.45 bits per heavy atom. The molecule has 3 aromatic rings. The molecule has 0 bridgehead atoms. The lowest BCUT2D eigenvalue weighted by Crippen LogP contribution is -2.33. The van der Waals surface area contributed by atoms with Crippen molar-refractivity contribution in [2.24, 2.45) is 5.10 Å². The zero-order valence-electron chi connectivity index (χ0n) is 22.3. The number of nitrogens with zero attached hydrogens (tertiary/aromatic N) is 5. The van der Waals surface area contributed by atoms with Gasteiger partial charge >= 0.3 is 0 Å². The van der Waals surface area contributed by atoms with E-state index < -0.39 is 0 Å². The maximum atomic E-state index is 5.89. The maximum absolute atomic E-state index is 5.89. The van der Waals surface area contributed by atoms with Crippen LogP contribution in [0.25, 0.3) is 0 Å². The number of ether oxygens (including phenoxy) is 2. The highest BCUT2D eigenvalue weighted by Gasteiger charge is 2.19. The Bertz CT molecular complexity index is 1170. The molecule has 0 radical (unpaired) electrons. The molecule has 0 spiro atoms. The SMILES string of the molecule is Cc1cccc(OCCOc2cccc(C=NNc3cc(N4CCCCC4)nc(N4CCCCC4)n3)c2)c1. The third-order valence-corrected chi connectivity index (χ3v) is 6.88. The van der Waals surface area contributed by atoms with Gasteiger partial charge in [0.2, 0.25) is 5.95 Å². The predicted octanol–water partition coefficient (Wildman–Crippen LogP) is 5.67. The van der Waals surface area contributed by atoms with Gasteiger partial charge in [-0.15, -0.1) is 0 Å². The average Bonchev–Trinajstić information content (AvgIpc) is 2.96. The zero-order chi connectivity index (χ0) is 26.0. The van der Waals surface area contributed by atoms with Crippen LogP contribution in [0.5, 0.6) is 11.5 Å². The third-order valence-electron chi connectivity index (χ3n) is 6.88. The molecule has 38 heavy (non-hydrogen) atoms. The van der Waals surface area contributed by atoms with Crippen molar-refractivity contribution in [3.8, 4) is 11.5 Å². The summed E-state index contributed by atoms with van der Waals surface area (Å²) < 4.78 is 11.7. The van der Waals surface area contributed by atoms with Crippen molar-refractivity contribution in [3.05, 3.63) is 65.7 Å². The zero-order valence-corrected chi connectivity index (χ0v) is 22.3. The highest BCUT2D eigenvalue weighted by atomic mass is 16.5. The van der Waals surface area contributed by atoms with Crippen LogP contribution in [-0.4, -0.2) is 55.6 Å². The summed E-state index contributed by atoms with van der Waals surface area (Å²) in [7, 11) is 0. The summed E-state index contributed by atoms with van der Waals surface area (Å²) in [5.41, 5.74) is 5.27. The summed E-state index contributed by atoms with van der Waals surface area (Å²) in [6.45, 7) is 7.10. The quantitative estimate of drug-likeness (QED) is 0.212. The fraction of sp³-hybridized carbons (Fsp3) is 0.433. The molecule has 0 aliphatic carbocycles. The smallest absolute Gasteiger partial charge is 0.229 e. The van der Waals surface area contributed by atoms with Gasteiger partial charge in [-0.1, -0.05) is 24.3 Å². The third kappa shape index (κ3) is 7.37. The summed E-state index contributed by atoms with van der Waals surface area (Å²) in [5, 5.41) is 4.49. The summed E-state index contributed by atoms with van der Waals surface area (Å²) in [5.74, 6) is 4.15. The molecule has 8 nitrogen and oxygen atoms in total. The standard InChI is InChI=1S/C30H38N6O2/c1-24-10-8-12-26(20-24)37-18-19-38-27-13-9-11-25(21-27)23-31-34-28-22-29(35-14-4-2-5-15-35)33-30(32-28)36-16-6-3-7-17-36/h8-13,20-23H,2-7,14-19H2,1H3,(H,32,33,34). The molecule has 0 unspecified atom stereocenters. The van der Waals surface area contributed by atoms with Gasteiger partial charge in [-0.05, 0) is 80.8 Å². The van der Waals surface area contributed by atoms with Gasteiger partial charge in [-0.25, -0.2) is 0 Å². The van der Waals surface area contributed by atoms with E-state index in [4.69, 9.17) is 19.4 Å². The lowest BCUT2D eigenvalue weighted by molar-refractivity contribution is 0.217. The number of hydrazone groups is 1. The highest BCUT2D eigenvalue weighted by Crippen LogP contribution is 2.25. The minimum absolute atomic E-state index is 0.465. The first-order valence-electron chi connectivity index (χ1n) is 13.8. The van der Waals surface area contributed by atoms with Gasteiger partial charge in [-0.3, -0.25) is 5.43 Å². The van der Waals surface area contributed by atoms with E-state index in [-0.39, 0.29) is 0 Å². The van der Waals surface area contributed by atoms with Crippen LogP contribution in [0.4, 0.5) is 17.6 Å². The molecule has 2 aromatic carbocycles. The largest absolute Gasteiger partial charge is 0.490 e. The first kappa shape index (κ1) is 25.8. The molecular weight excluding hydrogens is 476 g/mol. The predicted molar refractivity (Wildman–Crippen MR) is 154 cm³/mol.